The van der Waals surface area contributed by atoms with Gasteiger partial charge in [-0.1, -0.05) is 0 Å². The van der Waals surface area contributed by atoms with Crippen molar-refractivity contribution in [1.82, 2.24) is 19.9 Å². The molecular weight excluding hydrogens is 338 g/mol. The maximum absolute atomic E-state index is 12.9. The number of carbonyl (C=O) groups excluding carboxylic acids is 1. The van der Waals surface area contributed by atoms with Crippen LogP contribution < -0.4 is 4.90 Å². The monoisotopic (exact) mass is 359 g/mol. The highest BCUT2D eigenvalue weighted by Gasteiger charge is 2.28. The highest BCUT2D eigenvalue weighted by molar-refractivity contribution is 7.13. The third kappa shape index (κ3) is 3.11. The first kappa shape index (κ1) is 16.4. The standard InChI is InChI=1S/C17H21N5O2S/c1-11-15(25-12(2)20-11)17(23)22-4-3-13-14(9-22)18-10-19-16(13)21-5-7-24-8-6-21/h10H,3-9H2,1-2H3. The largest absolute Gasteiger partial charge is 0.378 e. The third-order valence-electron chi connectivity index (χ3n) is 4.68. The number of aromatic nitrogens is 3. The van der Waals surface area contributed by atoms with Gasteiger partial charge in [-0.2, -0.15) is 0 Å². The average Bonchev–Trinajstić information content (AvgIpc) is 2.99. The Morgan fingerprint density at radius 1 is 1.20 bits per heavy atom. The lowest BCUT2D eigenvalue weighted by Crippen LogP contribution is -2.40. The van der Waals surface area contributed by atoms with Crippen molar-refractivity contribution in [2.24, 2.45) is 0 Å². The van der Waals surface area contributed by atoms with Crippen molar-refractivity contribution in [3.8, 4) is 0 Å². The van der Waals surface area contributed by atoms with Crippen molar-refractivity contribution in [3.05, 3.63) is 33.2 Å². The van der Waals surface area contributed by atoms with Gasteiger partial charge in [-0.15, -0.1) is 11.3 Å². The lowest BCUT2D eigenvalue weighted by molar-refractivity contribution is 0.0735. The summed E-state index contributed by atoms with van der Waals surface area (Å²) < 4.78 is 5.43. The number of ether oxygens (including phenoxy) is 1. The summed E-state index contributed by atoms with van der Waals surface area (Å²) in [5, 5.41) is 0.926. The van der Waals surface area contributed by atoms with Crippen LogP contribution in [0.4, 0.5) is 5.82 Å². The highest BCUT2D eigenvalue weighted by atomic mass is 32.1. The number of morpholine rings is 1. The summed E-state index contributed by atoms with van der Waals surface area (Å²) in [4.78, 5) is 31.1. The second-order valence-corrected chi connectivity index (χ2v) is 7.55. The molecule has 0 N–H and O–H groups in total. The summed E-state index contributed by atoms with van der Waals surface area (Å²) in [7, 11) is 0. The number of anilines is 1. The van der Waals surface area contributed by atoms with E-state index in [-0.39, 0.29) is 5.91 Å². The van der Waals surface area contributed by atoms with Crippen molar-refractivity contribution >= 4 is 23.1 Å². The van der Waals surface area contributed by atoms with E-state index in [2.05, 4.69) is 19.9 Å². The van der Waals surface area contributed by atoms with Crippen LogP contribution in [-0.2, 0) is 17.7 Å². The van der Waals surface area contributed by atoms with Gasteiger partial charge in [0.15, 0.2) is 0 Å². The normalized spacial score (nSPS) is 17.5. The topological polar surface area (TPSA) is 71.5 Å². The number of thiazole rings is 1. The number of hydrogen-bond acceptors (Lipinski definition) is 7. The molecule has 8 heteroatoms. The molecule has 0 saturated carbocycles. The summed E-state index contributed by atoms with van der Waals surface area (Å²) in [6.07, 6.45) is 2.39. The number of carbonyl (C=O) groups is 1. The van der Waals surface area contributed by atoms with Crippen molar-refractivity contribution < 1.29 is 9.53 Å². The molecule has 0 aliphatic carbocycles. The van der Waals surface area contributed by atoms with Crippen LogP contribution in [0.3, 0.4) is 0 Å². The molecule has 132 valence electrons. The number of fused-ring (bicyclic) bond motifs is 1. The summed E-state index contributed by atoms with van der Waals surface area (Å²) >= 11 is 1.47. The number of rotatable bonds is 2. The molecule has 25 heavy (non-hydrogen) atoms. The molecule has 0 atom stereocenters. The molecule has 7 nitrogen and oxygen atoms in total. The fourth-order valence-electron chi connectivity index (χ4n) is 3.43. The van der Waals surface area contributed by atoms with Gasteiger partial charge in [-0.05, 0) is 20.3 Å². The Morgan fingerprint density at radius 3 is 2.72 bits per heavy atom. The summed E-state index contributed by atoms with van der Waals surface area (Å²) in [5.74, 6) is 1.06. The molecule has 0 bridgehead atoms. The Hall–Kier alpha value is -2.06. The van der Waals surface area contributed by atoms with Crippen molar-refractivity contribution in [2.45, 2.75) is 26.8 Å². The molecule has 1 saturated heterocycles. The molecule has 0 unspecified atom stereocenters. The average molecular weight is 359 g/mol. The minimum absolute atomic E-state index is 0.0558. The maximum atomic E-state index is 12.9. The van der Waals surface area contributed by atoms with Crippen LogP contribution in [0.2, 0.25) is 0 Å². The number of aryl methyl sites for hydroxylation is 2. The van der Waals surface area contributed by atoms with E-state index in [4.69, 9.17) is 4.74 Å². The zero-order chi connectivity index (χ0) is 17.4. The van der Waals surface area contributed by atoms with Crippen molar-refractivity contribution in [3.63, 3.8) is 0 Å². The molecular formula is C17H21N5O2S. The first-order valence-corrected chi connectivity index (χ1v) is 9.34. The van der Waals surface area contributed by atoms with Gasteiger partial charge in [-0.25, -0.2) is 15.0 Å². The van der Waals surface area contributed by atoms with E-state index in [0.717, 1.165) is 59.8 Å². The molecule has 1 fully saturated rings. The quantitative estimate of drug-likeness (QED) is 0.811. The second-order valence-electron chi connectivity index (χ2n) is 6.35. The van der Waals surface area contributed by atoms with Gasteiger partial charge < -0.3 is 14.5 Å². The van der Waals surface area contributed by atoms with E-state index in [9.17, 15) is 4.79 Å². The van der Waals surface area contributed by atoms with Gasteiger partial charge >= 0.3 is 0 Å². The number of nitrogens with zero attached hydrogens (tertiary/aromatic N) is 5. The fraction of sp³-hybridized carbons (Fsp3) is 0.529. The zero-order valence-electron chi connectivity index (χ0n) is 14.5. The smallest absolute Gasteiger partial charge is 0.266 e. The van der Waals surface area contributed by atoms with Gasteiger partial charge in [0.25, 0.3) is 5.91 Å². The van der Waals surface area contributed by atoms with E-state index < -0.39 is 0 Å². The highest BCUT2D eigenvalue weighted by Crippen LogP contribution is 2.28. The van der Waals surface area contributed by atoms with Gasteiger partial charge in [0.1, 0.15) is 17.0 Å². The Kier molecular flexibility index (Phi) is 4.39. The predicted molar refractivity (Wildman–Crippen MR) is 95.1 cm³/mol. The van der Waals surface area contributed by atoms with Gasteiger partial charge in [-0.3, -0.25) is 4.79 Å². The van der Waals surface area contributed by atoms with Crippen LogP contribution in [-0.4, -0.2) is 58.6 Å². The number of hydrogen-bond donors (Lipinski definition) is 0. The molecule has 2 aliphatic heterocycles. The van der Waals surface area contributed by atoms with Crippen LogP contribution in [0.5, 0.6) is 0 Å². The molecule has 0 radical (unpaired) electrons. The Labute approximate surface area is 150 Å². The summed E-state index contributed by atoms with van der Waals surface area (Å²) in [5.41, 5.74) is 2.94. The summed E-state index contributed by atoms with van der Waals surface area (Å²) in [6, 6.07) is 0. The Balaban J connectivity index is 1.57. The third-order valence-corrected chi connectivity index (χ3v) is 5.74. The van der Waals surface area contributed by atoms with E-state index >= 15 is 0 Å². The first-order chi connectivity index (χ1) is 12.1. The summed E-state index contributed by atoms with van der Waals surface area (Å²) in [6.45, 7) is 8.21. The van der Waals surface area contributed by atoms with Crippen LogP contribution in [0.15, 0.2) is 6.33 Å². The molecule has 1 amide bonds. The molecule has 2 aromatic rings. The molecule has 4 rings (SSSR count). The predicted octanol–water partition coefficient (Wildman–Crippen LogP) is 1.59. The second kappa shape index (κ2) is 6.68. The molecule has 2 aliphatic rings. The van der Waals surface area contributed by atoms with Gasteiger partial charge in [0, 0.05) is 25.2 Å². The van der Waals surface area contributed by atoms with E-state index in [1.54, 1.807) is 6.33 Å². The van der Waals surface area contributed by atoms with Crippen LogP contribution in [0, 0.1) is 13.8 Å². The molecule has 0 spiro atoms. The van der Waals surface area contributed by atoms with Crippen molar-refractivity contribution in [2.75, 3.05) is 37.7 Å². The van der Waals surface area contributed by atoms with Crippen LogP contribution in [0.25, 0.3) is 0 Å². The minimum Gasteiger partial charge on any atom is -0.378 e. The van der Waals surface area contributed by atoms with Crippen LogP contribution in [0.1, 0.15) is 31.6 Å². The lowest BCUT2D eigenvalue weighted by atomic mass is 10.0. The van der Waals surface area contributed by atoms with Crippen molar-refractivity contribution in [1.29, 1.82) is 0 Å². The molecule has 2 aromatic heterocycles. The van der Waals surface area contributed by atoms with E-state index in [0.29, 0.717) is 13.1 Å². The number of amides is 1. The van der Waals surface area contributed by atoms with Crippen LogP contribution >= 0.6 is 11.3 Å². The lowest BCUT2D eigenvalue weighted by Gasteiger charge is -2.33. The van der Waals surface area contributed by atoms with Gasteiger partial charge in [0.05, 0.1) is 36.2 Å². The van der Waals surface area contributed by atoms with E-state index in [1.165, 1.54) is 16.9 Å². The zero-order valence-corrected chi connectivity index (χ0v) is 15.3. The fourth-order valence-corrected chi connectivity index (χ4v) is 4.32. The SMILES string of the molecule is Cc1nc(C)c(C(=O)N2CCc3c(ncnc3N3CCOCC3)C2)s1. The Morgan fingerprint density at radius 2 is 2.00 bits per heavy atom. The van der Waals surface area contributed by atoms with Gasteiger partial charge in [0.2, 0.25) is 0 Å². The molecule has 0 aromatic carbocycles. The first-order valence-electron chi connectivity index (χ1n) is 8.52. The maximum Gasteiger partial charge on any atom is 0.266 e. The Bertz CT molecular complexity index is 800. The van der Waals surface area contributed by atoms with E-state index in [1.807, 2.05) is 18.7 Å². The molecule has 4 heterocycles. The minimum atomic E-state index is 0.0558.